The summed E-state index contributed by atoms with van der Waals surface area (Å²) in [6.45, 7) is 3.53. The topological polar surface area (TPSA) is 93.5 Å². The van der Waals surface area contributed by atoms with E-state index in [0.29, 0.717) is 0 Å². The molecule has 1 aromatic heterocycles. The van der Waals surface area contributed by atoms with Gasteiger partial charge in [0, 0.05) is 6.20 Å². The Morgan fingerprint density at radius 2 is 1.87 bits per heavy atom. The Labute approximate surface area is 133 Å². The Hall–Kier alpha value is -2.83. The zero-order valence-electron chi connectivity index (χ0n) is 13.2. The third-order valence-corrected chi connectivity index (χ3v) is 3.58. The van der Waals surface area contributed by atoms with Gasteiger partial charge in [-0.2, -0.15) is 5.10 Å². The molecular weight excluding hydrogens is 298 g/mol. The van der Waals surface area contributed by atoms with E-state index < -0.39 is 12.0 Å². The van der Waals surface area contributed by atoms with Crippen LogP contribution in [0.15, 0.2) is 36.5 Å². The molecule has 2 aromatic rings. The maximum Gasteiger partial charge on any atom is 0.356 e. The molecule has 0 aliphatic carbocycles. The van der Waals surface area contributed by atoms with Crippen LogP contribution in [-0.2, 0) is 4.79 Å². The van der Waals surface area contributed by atoms with Gasteiger partial charge < -0.3 is 15.2 Å². The van der Waals surface area contributed by atoms with E-state index in [4.69, 9.17) is 9.84 Å². The Bertz CT molecular complexity index is 694. The van der Waals surface area contributed by atoms with Crippen LogP contribution in [0.3, 0.4) is 0 Å². The number of carbonyl (C=O) groups excluding carboxylic acids is 1. The van der Waals surface area contributed by atoms with Gasteiger partial charge in [0.25, 0.3) is 0 Å². The van der Waals surface area contributed by atoms with E-state index in [9.17, 15) is 9.59 Å². The first-order chi connectivity index (χ1) is 10.9. The van der Waals surface area contributed by atoms with Gasteiger partial charge >= 0.3 is 5.97 Å². The summed E-state index contributed by atoms with van der Waals surface area (Å²) in [5, 5.41) is 15.6. The maximum absolute atomic E-state index is 12.3. The number of amides is 1. The molecule has 2 rings (SSSR count). The number of nitrogens with one attached hydrogen (secondary N) is 1. The second-order valence-corrected chi connectivity index (χ2v) is 5.17. The lowest BCUT2D eigenvalue weighted by Gasteiger charge is -2.18. The number of aromatic nitrogens is 2. The second kappa shape index (κ2) is 6.95. The highest BCUT2D eigenvalue weighted by atomic mass is 16.5. The first kappa shape index (κ1) is 16.5. The molecule has 1 heterocycles. The van der Waals surface area contributed by atoms with Crippen LogP contribution in [0.25, 0.3) is 0 Å². The van der Waals surface area contributed by atoms with Crippen molar-refractivity contribution in [1.82, 2.24) is 15.1 Å². The molecule has 122 valence electrons. The lowest BCUT2D eigenvalue weighted by atomic mass is 10.1. The number of rotatable bonds is 6. The fourth-order valence-electron chi connectivity index (χ4n) is 2.10. The maximum atomic E-state index is 12.3. The number of ether oxygens (including phenoxy) is 1. The van der Waals surface area contributed by atoms with Gasteiger partial charge in [-0.05, 0) is 37.6 Å². The van der Waals surface area contributed by atoms with E-state index in [2.05, 4.69) is 10.4 Å². The number of aromatic carboxylic acids is 1. The van der Waals surface area contributed by atoms with Gasteiger partial charge in [-0.3, -0.25) is 9.48 Å². The number of carboxylic acids is 1. The Balaban J connectivity index is 2.02. The molecule has 0 aliphatic heterocycles. The molecular formula is C16H19N3O4. The summed E-state index contributed by atoms with van der Waals surface area (Å²) in [6.07, 6.45) is 1.48. The van der Waals surface area contributed by atoms with Crippen molar-refractivity contribution in [3.8, 4) is 5.75 Å². The predicted molar refractivity (Wildman–Crippen MR) is 83.4 cm³/mol. The average Bonchev–Trinajstić information content (AvgIpc) is 3.04. The molecule has 0 bridgehead atoms. The van der Waals surface area contributed by atoms with Crippen LogP contribution in [0.2, 0.25) is 0 Å². The van der Waals surface area contributed by atoms with Crippen molar-refractivity contribution < 1.29 is 19.4 Å². The highest BCUT2D eigenvalue weighted by molar-refractivity contribution is 5.85. The molecule has 1 amide bonds. The van der Waals surface area contributed by atoms with Crippen LogP contribution in [0.5, 0.6) is 5.75 Å². The molecule has 0 fully saturated rings. The Morgan fingerprint density at radius 3 is 2.39 bits per heavy atom. The van der Waals surface area contributed by atoms with Crippen molar-refractivity contribution >= 4 is 11.9 Å². The lowest BCUT2D eigenvalue weighted by Crippen LogP contribution is -2.33. The predicted octanol–water partition coefficient (Wildman–Crippen LogP) is 2.03. The molecule has 0 saturated heterocycles. The Morgan fingerprint density at radius 1 is 1.22 bits per heavy atom. The lowest BCUT2D eigenvalue weighted by molar-refractivity contribution is -0.124. The van der Waals surface area contributed by atoms with Gasteiger partial charge in [0.05, 0.1) is 13.2 Å². The smallest absolute Gasteiger partial charge is 0.356 e. The molecule has 0 spiro atoms. The van der Waals surface area contributed by atoms with Crippen molar-refractivity contribution in [3.63, 3.8) is 0 Å². The van der Waals surface area contributed by atoms with Gasteiger partial charge in [-0.1, -0.05) is 12.1 Å². The molecule has 7 heteroatoms. The van der Waals surface area contributed by atoms with E-state index in [1.807, 2.05) is 31.2 Å². The minimum atomic E-state index is -1.12. The first-order valence-corrected chi connectivity index (χ1v) is 7.15. The summed E-state index contributed by atoms with van der Waals surface area (Å²) < 4.78 is 6.43. The van der Waals surface area contributed by atoms with Crippen molar-refractivity contribution in [2.75, 3.05) is 7.11 Å². The van der Waals surface area contributed by atoms with Crippen molar-refractivity contribution in [2.24, 2.45) is 0 Å². The third kappa shape index (κ3) is 3.88. The molecule has 7 nitrogen and oxygen atoms in total. The zero-order chi connectivity index (χ0) is 17.0. The first-order valence-electron chi connectivity index (χ1n) is 7.15. The summed E-state index contributed by atoms with van der Waals surface area (Å²) in [7, 11) is 1.59. The largest absolute Gasteiger partial charge is 0.497 e. The van der Waals surface area contributed by atoms with E-state index in [0.717, 1.165) is 11.3 Å². The van der Waals surface area contributed by atoms with Crippen LogP contribution >= 0.6 is 0 Å². The summed E-state index contributed by atoms with van der Waals surface area (Å²) in [4.78, 5) is 23.1. The average molecular weight is 317 g/mol. The fraction of sp³-hybridized carbons (Fsp3) is 0.312. The van der Waals surface area contributed by atoms with E-state index in [1.54, 1.807) is 14.0 Å². The van der Waals surface area contributed by atoms with Crippen LogP contribution in [0.1, 0.15) is 42.0 Å². The summed E-state index contributed by atoms with van der Waals surface area (Å²) in [5.74, 6) is -0.616. The standard InChI is InChI=1S/C16H19N3O4/c1-10(12-4-6-13(23-3)7-5-12)17-15(20)11(2)19-9-8-14(18-19)16(21)22/h4-11H,1-3H3,(H,17,20)(H,21,22). The van der Waals surface area contributed by atoms with Crippen LogP contribution in [0, 0.1) is 0 Å². The van der Waals surface area contributed by atoms with Gasteiger partial charge in [0.1, 0.15) is 11.8 Å². The number of benzene rings is 1. The number of hydrogen-bond donors (Lipinski definition) is 2. The molecule has 0 aliphatic rings. The van der Waals surface area contributed by atoms with Gasteiger partial charge in [0.2, 0.25) is 5.91 Å². The summed E-state index contributed by atoms with van der Waals surface area (Å²) in [6, 6.07) is 7.98. The SMILES string of the molecule is COc1ccc(C(C)NC(=O)C(C)n2ccc(C(=O)O)n2)cc1. The van der Waals surface area contributed by atoms with E-state index in [1.165, 1.54) is 16.9 Å². The quantitative estimate of drug-likeness (QED) is 0.850. The molecule has 2 atom stereocenters. The number of nitrogens with zero attached hydrogens (tertiary/aromatic N) is 2. The minimum absolute atomic E-state index is 0.0900. The van der Waals surface area contributed by atoms with Crippen molar-refractivity contribution in [3.05, 3.63) is 47.8 Å². The number of carbonyl (C=O) groups is 2. The Kier molecular flexibility index (Phi) is 5.00. The molecule has 23 heavy (non-hydrogen) atoms. The normalized spacial score (nSPS) is 13.2. The van der Waals surface area contributed by atoms with Gasteiger partial charge in [-0.15, -0.1) is 0 Å². The summed E-state index contributed by atoms with van der Waals surface area (Å²) >= 11 is 0. The molecule has 2 unspecified atom stereocenters. The van der Waals surface area contributed by atoms with Crippen molar-refractivity contribution in [2.45, 2.75) is 25.9 Å². The number of carboxylic acid groups (broad SMARTS) is 1. The monoisotopic (exact) mass is 317 g/mol. The van der Waals surface area contributed by atoms with Gasteiger partial charge in [-0.25, -0.2) is 4.79 Å². The molecule has 0 radical (unpaired) electrons. The minimum Gasteiger partial charge on any atom is -0.497 e. The third-order valence-electron chi connectivity index (χ3n) is 3.58. The van der Waals surface area contributed by atoms with Crippen LogP contribution in [-0.4, -0.2) is 33.9 Å². The van der Waals surface area contributed by atoms with Crippen LogP contribution in [0.4, 0.5) is 0 Å². The summed E-state index contributed by atoms with van der Waals surface area (Å²) in [5.41, 5.74) is 0.853. The molecule has 0 saturated carbocycles. The zero-order valence-corrected chi connectivity index (χ0v) is 13.2. The van der Waals surface area contributed by atoms with Crippen LogP contribution < -0.4 is 10.1 Å². The highest BCUT2D eigenvalue weighted by Crippen LogP contribution is 2.18. The highest BCUT2D eigenvalue weighted by Gasteiger charge is 2.19. The van der Waals surface area contributed by atoms with Crippen molar-refractivity contribution in [1.29, 1.82) is 0 Å². The molecule has 2 N–H and O–H groups in total. The molecule has 1 aromatic carbocycles. The van der Waals surface area contributed by atoms with E-state index >= 15 is 0 Å². The van der Waals surface area contributed by atoms with E-state index in [-0.39, 0.29) is 17.6 Å². The second-order valence-electron chi connectivity index (χ2n) is 5.17. The van der Waals surface area contributed by atoms with Gasteiger partial charge in [0.15, 0.2) is 5.69 Å². The fourth-order valence-corrected chi connectivity index (χ4v) is 2.10. The number of methoxy groups -OCH3 is 1. The number of hydrogen-bond acceptors (Lipinski definition) is 4.